The van der Waals surface area contributed by atoms with Crippen LogP contribution in [0, 0.1) is 6.92 Å². The lowest BCUT2D eigenvalue weighted by atomic mass is 10.1. The van der Waals surface area contributed by atoms with E-state index in [2.05, 4.69) is 42.8 Å². The molecule has 64 valence electrons. The van der Waals surface area contributed by atoms with E-state index in [0.29, 0.717) is 0 Å². The summed E-state index contributed by atoms with van der Waals surface area (Å²) < 4.78 is 0. The molecule has 2 aromatic rings. The lowest BCUT2D eigenvalue weighted by Gasteiger charge is -1.99. The molecular formula is C12H11N. The number of aromatic nitrogens is 1. The molecule has 0 aliphatic heterocycles. The molecule has 0 saturated carbocycles. The third-order valence-electron chi connectivity index (χ3n) is 2.08. The predicted octanol–water partition coefficient (Wildman–Crippen LogP) is 3.19. The third-order valence-corrected chi connectivity index (χ3v) is 2.08. The van der Waals surface area contributed by atoms with Crippen molar-refractivity contribution in [2.45, 2.75) is 6.92 Å². The van der Waals surface area contributed by atoms with Gasteiger partial charge in [-0.3, -0.25) is 0 Å². The highest BCUT2D eigenvalue weighted by molar-refractivity contribution is 5.80. The molecule has 1 heterocycles. The average Bonchev–Trinajstić information content (AvgIpc) is 2.16. The van der Waals surface area contributed by atoms with Crippen molar-refractivity contribution in [2.75, 3.05) is 0 Å². The molecule has 0 spiro atoms. The van der Waals surface area contributed by atoms with Crippen LogP contribution in [-0.2, 0) is 0 Å². The molecule has 0 aliphatic carbocycles. The smallest absolute Gasteiger partial charge is 0.0711 e. The molecule has 1 nitrogen and oxygen atoms in total. The number of aryl methyl sites for hydroxylation is 1. The third kappa shape index (κ3) is 1.45. The zero-order chi connectivity index (χ0) is 9.26. The molecule has 0 unspecified atom stereocenters. The first-order chi connectivity index (χ1) is 6.29. The maximum atomic E-state index is 4.44. The normalized spacial score (nSPS) is 10.2. The zero-order valence-corrected chi connectivity index (χ0v) is 7.62. The van der Waals surface area contributed by atoms with Crippen LogP contribution in [0.2, 0.25) is 0 Å². The Balaban J connectivity index is 2.74. The Labute approximate surface area is 77.7 Å². The van der Waals surface area contributed by atoms with Gasteiger partial charge in [0.2, 0.25) is 0 Å². The first-order valence-electron chi connectivity index (χ1n) is 4.29. The molecule has 0 radical (unpaired) electrons. The fraction of sp³-hybridized carbons (Fsp3) is 0.0833. The Morgan fingerprint density at radius 3 is 2.77 bits per heavy atom. The maximum Gasteiger partial charge on any atom is 0.0711 e. The summed E-state index contributed by atoms with van der Waals surface area (Å²) in [6.07, 6.45) is 1.77. The van der Waals surface area contributed by atoms with Gasteiger partial charge < -0.3 is 0 Å². The summed E-state index contributed by atoms with van der Waals surface area (Å²) in [5, 5.41) is 1.18. The van der Waals surface area contributed by atoms with Crippen LogP contribution in [0.15, 0.2) is 36.9 Å². The fourth-order valence-electron chi connectivity index (χ4n) is 1.36. The SMILES string of the molecule is C=Cc1ccc2ccc(C)cc2n1. The number of hydrogen-bond donors (Lipinski definition) is 0. The number of nitrogens with zero attached hydrogens (tertiary/aromatic N) is 1. The van der Waals surface area contributed by atoms with E-state index >= 15 is 0 Å². The molecule has 1 aromatic carbocycles. The van der Waals surface area contributed by atoms with Gasteiger partial charge in [0.25, 0.3) is 0 Å². The Morgan fingerprint density at radius 2 is 2.00 bits per heavy atom. The number of pyridine rings is 1. The molecular weight excluding hydrogens is 158 g/mol. The molecule has 0 saturated heterocycles. The number of hydrogen-bond acceptors (Lipinski definition) is 1. The first-order valence-corrected chi connectivity index (χ1v) is 4.29. The van der Waals surface area contributed by atoms with Gasteiger partial charge >= 0.3 is 0 Å². The highest BCUT2D eigenvalue weighted by atomic mass is 14.7. The standard InChI is InChI=1S/C12H11N/c1-3-11-7-6-10-5-4-9(2)8-12(10)13-11/h3-8H,1H2,2H3. The summed E-state index contributed by atoms with van der Waals surface area (Å²) in [7, 11) is 0. The summed E-state index contributed by atoms with van der Waals surface area (Å²) in [5.41, 5.74) is 3.21. The van der Waals surface area contributed by atoms with Crippen molar-refractivity contribution >= 4 is 17.0 Å². The summed E-state index contributed by atoms with van der Waals surface area (Å²) in [4.78, 5) is 4.44. The summed E-state index contributed by atoms with van der Waals surface area (Å²) in [5.74, 6) is 0. The van der Waals surface area contributed by atoms with Gasteiger partial charge in [-0.1, -0.05) is 24.8 Å². The van der Waals surface area contributed by atoms with Crippen molar-refractivity contribution in [3.63, 3.8) is 0 Å². The quantitative estimate of drug-likeness (QED) is 0.638. The van der Waals surface area contributed by atoms with Crippen LogP contribution in [0.25, 0.3) is 17.0 Å². The van der Waals surface area contributed by atoms with E-state index in [1.165, 1.54) is 10.9 Å². The lowest BCUT2D eigenvalue weighted by Crippen LogP contribution is -1.83. The molecule has 0 amide bonds. The van der Waals surface area contributed by atoms with Crippen LogP contribution >= 0.6 is 0 Å². The molecule has 0 fully saturated rings. The van der Waals surface area contributed by atoms with Gasteiger partial charge in [-0.25, -0.2) is 4.98 Å². The summed E-state index contributed by atoms with van der Waals surface area (Å²) >= 11 is 0. The van der Waals surface area contributed by atoms with E-state index in [1.54, 1.807) is 6.08 Å². The highest BCUT2D eigenvalue weighted by Crippen LogP contribution is 2.14. The van der Waals surface area contributed by atoms with E-state index in [1.807, 2.05) is 6.07 Å². The summed E-state index contributed by atoms with van der Waals surface area (Å²) in [6, 6.07) is 10.3. The van der Waals surface area contributed by atoms with Crippen LogP contribution in [-0.4, -0.2) is 4.98 Å². The molecule has 0 N–H and O–H groups in total. The Hall–Kier alpha value is -1.63. The van der Waals surface area contributed by atoms with Gasteiger partial charge in [0.15, 0.2) is 0 Å². The minimum atomic E-state index is 0.929. The second kappa shape index (κ2) is 3.02. The Kier molecular flexibility index (Phi) is 1.85. The molecule has 13 heavy (non-hydrogen) atoms. The van der Waals surface area contributed by atoms with Crippen molar-refractivity contribution in [3.05, 3.63) is 48.2 Å². The van der Waals surface area contributed by atoms with Crippen molar-refractivity contribution in [1.82, 2.24) is 4.98 Å². The highest BCUT2D eigenvalue weighted by Gasteiger charge is 1.95. The van der Waals surface area contributed by atoms with Crippen LogP contribution in [0.5, 0.6) is 0 Å². The molecule has 2 rings (SSSR count). The van der Waals surface area contributed by atoms with Gasteiger partial charge in [-0.05, 0) is 30.7 Å². The molecule has 0 aliphatic rings. The Morgan fingerprint density at radius 1 is 1.23 bits per heavy atom. The monoisotopic (exact) mass is 169 g/mol. The van der Waals surface area contributed by atoms with E-state index in [0.717, 1.165) is 11.2 Å². The van der Waals surface area contributed by atoms with Crippen LogP contribution in [0.3, 0.4) is 0 Å². The predicted molar refractivity (Wildman–Crippen MR) is 56.6 cm³/mol. The number of benzene rings is 1. The van der Waals surface area contributed by atoms with Crippen molar-refractivity contribution < 1.29 is 0 Å². The topological polar surface area (TPSA) is 12.9 Å². The lowest BCUT2D eigenvalue weighted by molar-refractivity contribution is 1.36. The fourth-order valence-corrected chi connectivity index (χ4v) is 1.36. The maximum absolute atomic E-state index is 4.44. The average molecular weight is 169 g/mol. The molecule has 0 atom stereocenters. The minimum Gasteiger partial charge on any atom is -0.248 e. The van der Waals surface area contributed by atoms with Crippen molar-refractivity contribution in [1.29, 1.82) is 0 Å². The van der Waals surface area contributed by atoms with Crippen molar-refractivity contribution in [2.24, 2.45) is 0 Å². The van der Waals surface area contributed by atoms with E-state index in [4.69, 9.17) is 0 Å². The van der Waals surface area contributed by atoms with E-state index in [-0.39, 0.29) is 0 Å². The summed E-state index contributed by atoms with van der Waals surface area (Å²) in [6.45, 7) is 5.77. The number of rotatable bonds is 1. The van der Waals surface area contributed by atoms with E-state index in [9.17, 15) is 0 Å². The van der Waals surface area contributed by atoms with E-state index < -0.39 is 0 Å². The second-order valence-corrected chi connectivity index (χ2v) is 3.14. The van der Waals surface area contributed by atoms with Gasteiger partial charge in [0.1, 0.15) is 0 Å². The van der Waals surface area contributed by atoms with Crippen LogP contribution in [0.1, 0.15) is 11.3 Å². The minimum absolute atomic E-state index is 0.929. The molecule has 1 aromatic heterocycles. The van der Waals surface area contributed by atoms with Gasteiger partial charge in [-0.15, -0.1) is 0 Å². The second-order valence-electron chi connectivity index (χ2n) is 3.14. The van der Waals surface area contributed by atoms with Crippen molar-refractivity contribution in [3.8, 4) is 0 Å². The van der Waals surface area contributed by atoms with Crippen LogP contribution in [0.4, 0.5) is 0 Å². The molecule has 0 bridgehead atoms. The van der Waals surface area contributed by atoms with Gasteiger partial charge in [0.05, 0.1) is 11.2 Å². The van der Waals surface area contributed by atoms with Gasteiger partial charge in [-0.2, -0.15) is 0 Å². The van der Waals surface area contributed by atoms with Crippen LogP contribution < -0.4 is 0 Å². The zero-order valence-electron chi connectivity index (χ0n) is 7.62. The number of fused-ring (bicyclic) bond motifs is 1. The largest absolute Gasteiger partial charge is 0.248 e. The van der Waals surface area contributed by atoms with Gasteiger partial charge in [0, 0.05) is 5.39 Å². The first kappa shape index (κ1) is 7.99. The molecule has 1 heteroatoms. The Bertz CT molecular complexity index is 458.